The summed E-state index contributed by atoms with van der Waals surface area (Å²) in [4.78, 5) is 23.6. The third-order valence-electron chi connectivity index (χ3n) is 4.45. The van der Waals surface area contributed by atoms with Crippen LogP contribution in [0.3, 0.4) is 0 Å². The van der Waals surface area contributed by atoms with Crippen LogP contribution in [0.1, 0.15) is 43.5 Å². The Balaban J connectivity index is 1.81. The standard InChI is InChI=1S/C17H22FNO3/c1-11-5-3-8-15(12(11)2)19-16(20)10-22-17(21)13-6-4-7-14(18)9-13/h4,6-7,9,11-12,15H,3,5,8,10H2,1-2H3,(H,19,20)/t11-,12-,15-/m1/s1. The number of ether oxygens (including phenoxy) is 1. The van der Waals surface area contributed by atoms with Crippen molar-refractivity contribution in [2.24, 2.45) is 11.8 Å². The smallest absolute Gasteiger partial charge is 0.338 e. The number of carbonyl (C=O) groups excluding carboxylic acids is 2. The van der Waals surface area contributed by atoms with Gasteiger partial charge in [0, 0.05) is 6.04 Å². The molecule has 0 radical (unpaired) electrons. The van der Waals surface area contributed by atoms with Gasteiger partial charge in [-0.3, -0.25) is 4.79 Å². The van der Waals surface area contributed by atoms with Gasteiger partial charge in [-0.25, -0.2) is 9.18 Å². The van der Waals surface area contributed by atoms with Crippen molar-refractivity contribution in [3.8, 4) is 0 Å². The van der Waals surface area contributed by atoms with E-state index < -0.39 is 11.8 Å². The van der Waals surface area contributed by atoms with E-state index in [2.05, 4.69) is 19.2 Å². The van der Waals surface area contributed by atoms with Gasteiger partial charge in [-0.05, 0) is 36.5 Å². The van der Waals surface area contributed by atoms with Crippen molar-refractivity contribution in [3.05, 3.63) is 35.6 Å². The molecule has 1 aliphatic rings. The molecule has 1 fully saturated rings. The van der Waals surface area contributed by atoms with E-state index in [0.29, 0.717) is 11.8 Å². The summed E-state index contributed by atoms with van der Waals surface area (Å²) in [6.07, 6.45) is 3.23. The zero-order chi connectivity index (χ0) is 16.1. The topological polar surface area (TPSA) is 55.4 Å². The number of hydrogen-bond donors (Lipinski definition) is 1. The molecular weight excluding hydrogens is 285 g/mol. The van der Waals surface area contributed by atoms with Gasteiger partial charge in [0.2, 0.25) is 0 Å². The van der Waals surface area contributed by atoms with Crippen molar-refractivity contribution in [2.45, 2.75) is 39.2 Å². The highest BCUT2D eigenvalue weighted by Gasteiger charge is 2.28. The van der Waals surface area contributed by atoms with E-state index in [1.807, 2.05) is 0 Å². The third-order valence-corrected chi connectivity index (χ3v) is 4.45. The van der Waals surface area contributed by atoms with Crippen molar-refractivity contribution < 1.29 is 18.7 Å². The molecule has 1 aliphatic carbocycles. The first-order chi connectivity index (χ1) is 10.5. The largest absolute Gasteiger partial charge is 0.452 e. The van der Waals surface area contributed by atoms with Crippen LogP contribution in [0.25, 0.3) is 0 Å². The average molecular weight is 307 g/mol. The van der Waals surface area contributed by atoms with E-state index >= 15 is 0 Å². The Kier molecular flexibility index (Phi) is 5.52. The second-order valence-corrected chi connectivity index (χ2v) is 6.03. The van der Waals surface area contributed by atoms with Gasteiger partial charge >= 0.3 is 5.97 Å². The molecule has 0 saturated heterocycles. The first-order valence-corrected chi connectivity index (χ1v) is 7.69. The normalized spacial score (nSPS) is 24.6. The Morgan fingerprint density at radius 1 is 1.32 bits per heavy atom. The van der Waals surface area contributed by atoms with Crippen LogP contribution in [0.15, 0.2) is 24.3 Å². The second kappa shape index (κ2) is 7.38. The molecule has 0 spiro atoms. The predicted molar refractivity (Wildman–Crippen MR) is 80.8 cm³/mol. The van der Waals surface area contributed by atoms with Gasteiger partial charge in [0.05, 0.1) is 5.56 Å². The monoisotopic (exact) mass is 307 g/mol. The lowest BCUT2D eigenvalue weighted by molar-refractivity contribution is -0.125. The fourth-order valence-corrected chi connectivity index (χ4v) is 2.86. The van der Waals surface area contributed by atoms with Crippen LogP contribution < -0.4 is 5.32 Å². The van der Waals surface area contributed by atoms with Gasteiger partial charge < -0.3 is 10.1 Å². The molecule has 22 heavy (non-hydrogen) atoms. The number of esters is 1. The van der Waals surface area contributed by atoms with Gasteiger partial charge in [0.15, 0.2) is 6.61 Å². The molecule has 1 aromatic rings. The van der Waals surface area contributed by atoms with E-state index in [4.69, 9.17) is 4.74 Å². The molecule has 1 saturated carbocycles. The van der Waals surface area contributed by atoms with Gasteiger partial charge in [0.1, 0.15) is 5.82 Å². The number of benzene rings is 1. The summed E-state index contributed by atoms with van der Waals surface area (Å²) in [5.41, 5.74) is 0.104. The summed E-state index contributed by atoms with van der Waals surface area (Å²) >= 11 is 0. The second-order valence-electron chi connectivity index (χ2n) is 6.03. The summed E-state index contributed by atoms with van der Waals surface area (Å²) in [7, 11) is 0. The molecule has 1 N–H and O–H groups in total. The van der Waals surface area contributed by atoms with Crippen LogP contribution in [-0.2, 0) is 9.53 Å². The molecule has 0 bridgehead atoms. The lowest BCUT2D eigenvalue weighted by Gasteiger charge is -2.34. The van der Waals surface area contributed by atoms with Gasteiger partial charge in [-0.1, -0.05) is 32.8 Å². The molecular formula is C17H22FNO3. The lowest BCUT2D eigenvalue weighted by atomic mass is 9.78. The Morgan fingerprint density at radius 3 is 2.82 bits per heavy atom. The molecule has 1 amide bonds. The highest BCUT2D eigenvalue weighted by Crippen LogP contribution is 2.29. The van der Waals surface area contributed by atoms with Crippen LogP contribution in [0, 0.1) is 17.7 Å². The molecule has 5 heteroatoms. The number of rotatable bonds is 4. The quantitative estimate of drug-likeness (QED) is 0.870. The van der Waals surface area contributed by atoms with Gasteiger partial charge in [-0.15, -0.1) is 0 Å². The zero-order valence-electron chi connectivity index (χ0n) is 13.0. The number of halogens is 1. The maximum atomic E-state index is 13.0. The highest BCUT2D eigenvalue weighted by atomic mass is 19.1. The minimum absolute atomic E-state index is 0.104. The summed E-state index contributed by atoms with van der Waals surface area (Å²) in [6.45, 7) is 3.98. The molecule has 4 nitrogen and oxygen atoms in total. The summed E-state index contributed by atoms with van der Waals surface area (Å²) in [5.74, 6) is -0.523. The molecule has 0 aromatic heterocycles. The van der Waals surface area contributed by atoms with E-state index in [-0.39, 0.29) is 24.1 Å². The molecule has 0 unspecified atom stereocenters. The Hall–Kier alpha value is -1.91. The van der Waals surface area contributed by atoms with Crippen molar-refractivity contribution in [1.29, 1.82) is 0 Å². The first kappa shape index (κ1) is 16.5. The van der Waals surface area contributed by atoms with Crippen LogP contribution in [0.5, 0.6) is 0 Å². The minimum atomic E-state index is -0.695. The average Bonchev–Trinajstić information content (AvgIpc) is 2.49. The number of hydrogen-bond acceptors (Lipinski definition) is 3. The third kappa shape index (κ3) is 4.29. The van der Waals surface area contributed by atoms with Gasteiger partial charge in [0.25, 0.3) is 5.91 Å². The van der Waals surface area contributed by atoms with Crippen LogP contribution in [0.2, 0.25) is 0 Å². The van der Waals surface area contributed by atoms with E-state index in [0.717, 1.165) is 18.9 Å². The fraction of sp³-hybridized carbons (Fsp3) is 0.529. The Morgan fingerprint density at radius 2 is 2.09 bits per heavy atom. The molecule has 1 aromatic carbocycles. The molecule has 0 aliphatic heterocycles. The molecule has 120 valence electrons. The number of nitrogens with one attached hydrogen (secondary N) is 1. The van der Waals surface area contributed by atoms with E-state index in [1.54, 1.807) is 0 Å². The van der Waals surface area contributed by atoms with E-state index in [1.165, 1.54) is 24.6 Å². The lowest BCUT2D eigenvalue weighted by Crippen LogP contribution is -2.45. The highest BCUT2D eigenvalue weighted by molar-refractivity contribution is 5.91. The molecule has 0 heterocycles. The molecule has 2 rings (SSSR count). The minimum Gasteiger partial charge on any atom is -0.452 e. The Bertz CT molecular complexity index is 546. The van der Waals surface area contributed by atoms with Crippen molar-refractivity contribution in [1.82, 2.24) is 5.32 Å². The van der Waals surface area contributed by atoms with Crippen molar-refractivity contribution in [3.63, 3.8) is 0 Å². The van der Waals surface area contributed by atoms with Crippen molar-refractivity contribution in [2.75, 3.05) is 6.61 Å². The first-order valence-electron chi connectivity index (χ1n) is 7.69. The van der Waals surface area contributed by atoms with Crippen LogP contribution >= 0.6 is 0 Å². The molecule has 3 atom stereocenters. The number of carbonyl (C=O) groups is 2. The summed E-state index contributed by atoms with van der Waals surface area (Å²) in [5, 5.41) is 2.93. The van der Waals surface area contributed by atoms with Crippen LogP contribution in [0.4, 0.5) is 4.39 Å². The van der Waals surface area contributed by atoms with Gasteiger partial charge in [-0.2, -0.15) is 0 Å². The number of amides is 1. The van der Waals surface area contributed by atoms with E-state index in [9.17, 15) is 14.0 Å². The van der Waals surface area contributed by atoms with Crippen molar-refractivity contribution >= 4 is 11.9 Å². The maximum absolute atomic E-state index is 13.0. The zero-order valence-corrected chi connectivity index (χ0v) is 13.0. The SMILES string of the molecule is C[C@@H]1[C@H](C)CCC[C@H]1NC(=O)COC(=O)c1cccc(F)c1. The van der Waals surface area contributed by atoms with Crippen LogP contribution in [-0.4, -0.2) is 24.5 Å². The summed E-state index contributed by atoms with van der Waals surface area (Å²) in [6, 6.07) is 5.34. The predicted octanol–water partition coefficient (Wildman–Crippen LogP) is 2.92. The summed E-state index contributed by atoms with van der Waals surface area (Å²) < 4.78 is 18.0. The Labute approximate surface area is 130 Å². The fourth-order valence-electron chi connectivity index (χ4n) is 2.86. The maximum Gasteiger partial charge on any atom is 0.338 e.